The summed E-state index contributed by atoms with van der Waals surface area (Å²) in [4.78, 5) is 14.0. The summed E-state index contributed by atoms with van der Waals surface area (Å²) in [5.41, 5.74) is 0.792. The molecule has 1 heterocycles. The van der Waals surface area contributed by atoms with Gasteiger partial charge in [-0.3, -0.25) is 0 Å². The quantitative estimate of drug-likeness (QED) is 0.515. The minimum absolute atomic E-state index is 0.173. The minimum atomic E-state index is -0.666. The number of nitrogens with zero attached hydrogens (tertiary/aromatic N) is 3. The third-order valence-corrected chi connectivity index (χ3v) is 3.83. The van der Waals surface area contributed by atoms with Crippen molar-refractivity contribution in [1.29, 1.82) is 0 Å². The average Bonchev–Trinajstić information content (AvgIpc) is 2.78. The van der Waals surface area contributed by atoms with Crippen LogP contribution in [0, 0.1) is 10.1 Å². The maximum absolute atomic E-state index is 10.8. The molecular weight excluding hydrogens is 266 g/mol. The Hall–Kier alpha value is -1.86. The van der Waals surface area contributed by atoms with Gasteiger partial charge in [-0.15, -0.1) is 0 Å². The number of hydrogen-bond acceptors (Lipinski definition) is 5. The van der Waals surface area contributed by atoms with E-state index in [1.54, 1.807) is 11.6 Å². The lowest BCUT2D eigenvalue weighted by Gasteiger charge is -2.10. The molecule has 1 aromatic carbocycles. The van der Waals surface area contributed by atoms with Crippen LogP contribution in [0.25, 0.3) is 0 Å². The van der Waals surface area contributed by atoms with Crippen LogP contribution >= 0.6 is 11.8 Å². The van der Waals surface area contributed by atoms with Crippen LogP contribution in [-0.2, 0) is 7.05 Å². The van der Waals surface area contributed by atoms with Crippen LogP contribution in [0.4, 0.5) is 5.82 Å². The van der Waals surface area contributed by atoms with E-state index in [9.17, 15) is 15.2 Å². The molecule has 0 fully saturated rings. The fourth-order valence-electron chi connectivity index (χ4n) is 1.63. The molecule has 2 rings (SSSR count). The predicted octanol–water partition coefficient (Wildman–Crippen LogP) is 2.15. The molecule has 0 saturated carbocycles. The molecule has 1 N–H and O–H groups in total. The number of aromatic nitrogens is 2. The summed E-state index contributed by atoms with van der Waals surface area (Å²) in [5, 5.41) is 21.3. The molecule has 19 heavy (non-hydrogen) atoms. The van der Waals surface area contributed by atoms with Gasteiger partial charge in [0.05, 0.1) is 6.10 Å². The van der Waals surface area contributed by atoms with Crippen LogP contribution in [0.3, 0.4) is 0 Å². The normalized spacial score (nSPS) is 12.3. The Labute approximate surface area is 114 Å². The van der Waals surface area contributed by atoms with Crippen LogP contribution < -0.4 is 0 Å². The molecule has 0 radical (unpaired) electrons. The predicted molar refractivity (Wildman–Crippen MR) is 72.0 cm³/mol. The van der Waals surface area contributed by atoms with Crippen LogP contribution in [0.1, 0.15) is 11.7 Å². The Morgan fingerprint density at radius 3 is 2.79 bits per heavy atom. The van der Waals surface area contributed by atoms with Gasteiger partial charge >= 0.3 is 5.82 Å². The van der Waals surface area contributed by atoms with Crippen molar-refractivity contribution in [2.75, 3.05) is 5.75 Å². The molecule has 0 aliphatic rings. The number of thioether (sulfide) groups is 1. The van der Waals surface area contributed by atoms with Gasteiger partial charge < -0.3 is 19.8 Å². The van der Waals surface area contributed by atoms with E-state index in [1.165, 1.54) is 18.1 Å². The maximum atomic E-state index is 10.8. The van der Waals surface area contributed by atoms with Gasteiger partial charge in [0, 0.05) is 12.8 Å². The highest BCUT2D eigenvalue weighted by Gasteiger charge is 2.21. The molecule has 1 aromatic heterocycles. The van der Waals surface area contributed by atoms with E-state index in [2.05, 4.69) is 4.98 Å². The van der Waals surface area contributed by atoms with E-state index in [4.69, 9.17) is 0 Å². The van der Waals surface area contributed by atoms with Crippen LogP contribution in [0.2, 0.25) is 0 Å². The SMILES string of the molecule is Cn1cnc([N+](=O)[O-])c1SC[C@H](O)c1ccccc1. The average molecular weight is 279 g/mol. The second kappa shape index (κ2) is 5.85. The molecule has 1 atom stereocenters. The summed E-state index contributed by atoms with van der Waals surface area (Å²) in [6, 6.07) is 9.20. The standard InChI is InChI=1S/C12H13N3O3S/c1-14-8-13-11(15(17)18)12(14)19-7-10(16)9-5-3-2-4-6-9/h2-6,8,10,16H,7H2,1H3/t10-/m0/s1. The second-order valence-corrected chi connectivity index (χ2v) is 4.99. The maximum Gasteiger partial charge on any atom is 0.395 e. The highest BCUT2D eigenvalue weighted by atomic mass is 32.2. The Morgan fingerprint density at radius 2 is 2.16 bits per heavy atom. The molecule has 6 nitrogen and oxygen atoms in total. The molecular formula is C12H13N3O3S. The molecule has 0 spiro atoms. The summed E-state index contributed by atoms with van der Waals surface area (Å²) in [7, 11) is 1.69. The van der Waals surface area contributed by atoms with Gasteiger partial charge in [-0.25, -0.2) is 0 Å². The summed E-state index contributed by atoms with van der Waals surface area (Å²) in [6.45, 7) is 0. The Morgan fingerprint density at radius 1 is 1.47 bits per heavy atom. The number of nitro groups is 1. The molecule has 0 bridgehead atoms. The Bertz CT molecular complexity index is 571. The highest BCUT2D eigenvalue weighted by Crippen LogP contribution is 2.30. The fraction of sp³-hybridized carbons (Fsp3) is 0.250. The van der Waals surface area contributed by atoms with Gasteiger partial charge in [-0.05, 0) is 15.5 Å². The Balaban J connectivity index is 2.07. The summed E-state index contributed by atoms with van der Waals surface area (Å²) >= 11 is 1.22. The first-order chi connectivity index (χ1) is 9.09. The third kappa shape index (κ3) is 3.12. The van der Waals surface area contributed by atoms with Crippen molar-refractivity contribution in [3.63, 3.8) is 0 Å². The number of aryl methyl sites for hydroxylation is 1. The monoisotopic (exact) mass is 279 g/mol. The van der Waals surface area contributed by atoms with Crippen molar-refractivity contribution < 1.29 is 10.0 Å². The number of benzene rings is 1. The highest BCUT2D eigenvalue weighted by molar-refractivity contribution is 7.99. The lowest BCUT2D eigenvalue weighted by molar-refractivity contribution is -0.392. The number of rotatable bonds is 5. The first-order valence-corrected chi connectivity index (χ1v) is 6.59. The zero-order valence-corrected chi connectivity index (χ0v) is 11.1. The van der Waals surface area contributed by atoms with Gasteiger partial charge in [0.2, 0.25) is 6.33 Å². The minimum Gasteiger partial charge on any atom is -0.388 e. The molecule has 0 aliphatic heterocycles. The van der Waals surface area contributed by atoms with Crippen molar-refractivity contribution in [2.24, 2.45) is 7.05 Å². The van der Waals surface area contributed by atoms with Crippen LogP contribution in [-0.4, -0.2) is 25.3 Å². The van der Waals surface area contributed by atoms with E-state index in [0.717, 1.165) is 5.56 Å². The first-order valence-electron chi connectivity index (χ1n) is 5.61. The van der Waals surface area contributed by atoms with Gasteiger partial charge in [-0.1, -0.05) is 42.1 Å². The molecule has 7 heteroatoms. The largest absolute Gasteiger partial charge is 0.395 e. The van der Waals surface area contributed by atoms with Gasteiger partial charge in [0.25, 0.3) is 0 Å². The smallest absolute Gasteiger partial charge is 0.388 e. The summed E-state index contributed by atoms with van der Waals surface area (Å²) in [6.07, 6.45) is 0.732. The number of imidazole rings is 1. The fourth-order valence-corrected chi connectivity index (χ4v) is 2.64. The first kappa shape index (κ1) is 13.6. The molecule has 0 amide bonds. The second-order valence-electron chi connectivity index (χ2n) is 3.98. The summed E-state index contributed by atoms with van der Waals surface area (Å²) < 4.78 is 1.58. The van der Waals surface area contributed by atoms with Gasteiger partial charge in [0.15, 0.2) is 5.03 Å². The van der Waals surface area contributed by atoms with Crippen molar-refractivity contribution in [3.05, 3.63) is 52.3 Å². The third-order valence-electron chi connectivity index (χ3n) is 2.60. The zero-order valence-electron chi connectivity index (χ0n) is 10.3. The molecule has 0 unspecified atom stereocenters. The molecule has 2 aromatic rings. The van der Waals surface area contributed by atoms with Crippen molar-refractivity contribution in [1.82, 2.24) is 9.55 Å². The molecule has 100 valence electrons. The number of aliphatic hydroxyl groups is 1. The Kier molecular flexibility index (Phi) is 4.18. The topological polar surface area (TPSA) is 81.2 Å². The van der Waals surface area contributed by atoms with Gasteiger partial charge in [0.1, 0.15) is 0 Å². The number of aliphatic hydroxyl groups excluding tert-OH is 1. The van der Waals surface area contributed by atoms with Gasteiger partial charge in [-0.2, -0.15) is 0 Å². The zero-order chi connectivity index (χ0) is 13.8. The van der Waals surface area contributed by atoms with Crippen molar-refractivity contribution in [2.45, 2.75) is 11.1 Å². The van der Waals surface area contributed by atoms with Crippen molar-refractivity contribution >= 4 is 17.6 Å². The molecule has 0 aliphatic carbocycles. The molecule has 0 saturated heterocycles. The lowest BCUT2D eigenvalue weighted by atomic mass is 10.1. The van der Waals surface area contributed by atoms with E-state index < -0.39 is 11.0 Å². The van der Waals surface area contributed by atoms with E-state index in [-0.39, 0.29) is 5.82 Å². The van der Waals surface area contributed by atoms with Crippen molar-refractivity contribution in [3.8, 4) is 0 Å². The number of hydrogen-bond donors (Lipinski definition) is 1. The lowest BCUT2D eigenvalue weighted by Crippen LogP contribution is -2.02. The van der Waals surface area contributed by atoms with E-state index >= 15 is 0 Å². The van der Waals surface area contributed by atoms with Crippen LogP contribution in [0.5, 0.6) is 0 Å². The summed E-state index contributed by atoms with van der Waals surface area (Å²) in [5.74, 6) is 0.164. The van der Waals surface area contributed by atoms with E-state index in [1.807, 2.05) is 30.3 Å². The van der Waals surface area contributed by atoms with Crippen LogP contribution in [0.15, 0.2) is 41.7 Å². The van der Waals surface area contributed by atoms with E-state index in [0.29, 0.717) is 10.8 Å².